The van der Waals surface area contributed by atoms with Crippen molar-refractivity contribution in [2.75, 3.05) is 6.54 Å². The van der Waals surface area contributed by atoms with Crippen LogP contribution in [-0.4, -0.2) is 24.4 Å². The van der Waals surface area contributed by atoms with E-state index in [9.17, 15) is 4.79 Å². The molecule has 1 amide bonds. The second-order valence-electron chi connectivity index (χ2n) is 4.37. The third kappa shape index (κ3) is 4.12. The highest BCUT2D eigenvalue weighted by atomic mass is 16.6. The van der Waals surface area contributed by atoms with Crippen molar-refractivity contribution in [1.82, 2.24) is 10.6 Å². The highest BCUT2D eigenvalue weighted by Crippen LogP contribution is 2.07. The van der Waals surface area contributed by atoms with Crippen LogP contribution in [0.25, 0.3) is 0 Å². The van der Waals surface area contributed by atoms with Crippen molar-refractivity contribution >= 4 is 6.09 Å². The molecule has 1 aliphatic heterocycles. The summed E-state index contributed by atoms with van der Waals surface area (Å²) < 4.78 is 5.13. The molecule has 4 heteroatoms. The molecule has 1 aliphatic rings. The number of carbonyl (C=O) groups is 1. The van der Waals surface area contributed by atoms with Crippen LogP contribution in [0.3, 0.4) is 0 Å². The Morgan fingerprint density at radius 2 is 2.23 bits per heavy atom. The van der Waals surface area contributed by atoms with Gasteiger partial charge in [-0.2, -0.15) is 0 Å². The molecule has 0 aromatic carbocycles. The van der Waals surface area contributed by atoms with Crippen LogP contribution in [0.1, 0.15) is 33.6 Å². The van der Waals surface area contributed by atoms with E-state index in [0.29, 0.717) is 0 Å². The predicted molar refractivity (Wildman–Crippen MR) is 50.4 cm³/mol. The van der Waals surface area contributed by atoms with Crippen LogP contribution in [-0.2, 0) is 4.74 Å². The third-order valence-electron chi connectivity index (χ3n) is 1.74. The van der Waals surface area contributed by atoms with Crippen molar-refractivity contribution in [2.45, 2.75) is 45.4 Å². The highest BCUT2D eigenvalue weighted by molar-refractivity contribution is 5.68. The summed E-state index contributed by atoms with van der Waals surface area (Å²) in [5.74, 6) is 0. The summed E-state index contributed by atoms with van der Waals surface area (Å²) in [5, 5.41) is 5.84. The Bertz CT molecular complexity index is 181. The average molecular weight is 186 g/mol. The second-order valence-corrected chi connectivity index (χ2v) is 4.37. The molecule has 1 unspecified atom stereocenters. The minimum Gasteiger partial charge on any atom is -0.430 e. The highest BCUT2D eigenvalue weighted by Gasteiger charge is 2.21. The van der Waals surface area contributed by atoms with Crippen molar-refractivity contribution in [3.63, 3.8) is 0 Å². The molecule has 13 heavy (non-hydrogen) atoms. The summed E-state index contributed by atoms with van der Waals surface area (Å²) in [7, 11) is 0. The van der Waals surface area contributed by atoms with Crippen molar-refractivity contribution in [2.24, 2.45) is 0 Å². The van der Waals surface area contributed by atoms with Crippen LogP contribution in [0.5, 0.6) is 0 Å². The van der Waals surface area contributed by atoms with Gasteiger partial charge in [0.25, 0.3) is 0 Å². The molecule has 0 aliphatic carbocycles. The van der Waals surface area contributed by atoms with E-state index in [4.69, 9.17) is 4.74 Å². The maximum absolute atomic E-state index is 11.2. The molecule has 0 saturated carbocycles. The largest absolute Gasteiger partial charge is 0.430 e. The van der Waals surface area contributed by atoms with E-state index < -0.39 is 0 Å². The van der Waals surface area contributed by atoms with Gasteiger partial charge in [0, 0.05) is 5.54 Å². The normalized spacial score (nSPS) is 22.8. The van der Waals surface area contributed by atoms with Crippen LogP contribution < -0.4 is 10.6 Å². The maximum atomic E-state index is 11.2. The van der Waals surface area contributed by atoms with E-state index in [2.05, 4.69) is 10.6 Å². The lowest BCUT2D eigenvalue weighted by atomic mass is 10.1. The molecule has 76 valence electrons. The quantitative estimate of drug-likeness (QED) is 0.647. The number of carbonyl (C=O) groups excluding carboxylic acids is 1. The molecule has 0 spiro atoms. The monoisotopic (exact) mass is 186 g/mol. The van der Waals surface area contributed by atoms with Crippen LogP contribution in [0, 0.1) is 0 Å². The van der Waals surface area contributed by atoms with Crippen LogP contribution in [0.15, 0.2) is 0 Å². The number of hydrogen-bond acceptors (Lipinski definition) is 3. The fourth-order valence-electron chi connectivity index (χ4n) is 1.22. The van der Waals surface area contributed by atoms with E-state index in [0.717, 1.165) is 19.4 Å². The fraction of sp³-hybridized carbons (Fsp3) is 0.889. The molecule has 0 bridgehead atoms. The predicted octanol–water partition coefficient (Wildman–Crippen LogP) is 1.22. The third-order valence-corrected chi connectivity index (χ3v) is 1.74. The van der Waals surface area contributed by atoms with Gasteiger partial charge in [-0.25, -0.2) is 4.79 Å². The molecule has 0 aromatic heterocycles. The summed E-state index contributed by atoms with van der Waals surface area (Å²) in [6, 6.07) is 0. The van der Waals surface area contributed by atoms with E-state index in [-0.39, 0.29) is 17.9 Å². The topological polar surface area (TPSA) is 50.4 Å². The average Bonchev–Trinajstić information content (AvgIpc) is 2.34. The van der Waals surface area contributed by atoms with Gasteiger partial charge >= 0.3 is 6.09 Å². The summed E-state index contributed by atoms with van der Waals surface area (Å²) in [4.78, 5) is 11.2. The standard InChI is InChI=1S/C9H18N2O2/c1-9(2,3)11-8(12)13-7-5-4-6-10-7/h7,10H,4-6H2,1-3H3,(H,11,12). The molecule has 0 aromatic rings. The molecule has 1 atom stereocenters. The summed E-state index contributed by atoms with van der Waals surface area (Å²) >= 11 is 0. The van der Waals surface area contributed by atoms with Gasteiger partial charge in [0.05, 0.1) is 0 Å². The number of rotatable bonds is 1. The van der Waals surface area contributed by atoms with Crippen LogP contribution in [0.4, 0.5) is 4.79 Å². The molecule has 1 saturated heterocycles. The van der Waals surface area contributed by atoms with E-state index >= 15 is 0 Å². The second kappa shape index (κ2) is 3.96. The van der Waals surface area contributed by atoms with Crippen molar-refractivity contribution in [3.05, 3.63) is 0 Å². The van der Waals surface area contributed by atoms with Gasteiger partial charge < -0.3 is 10.1 Å². The minimum atomic E-state index is -0.341. The lowest BCUT2D eigenvalue weighted by Gasteiger charge is -2.21. The van der Waals surface area contributed by atoms with E-state index in [1.807, 2.05) is 20.8 Å². The van der Waals surface area contributed by atoms with Crippen molar-refractivity contribution in [1.29, 1.82) is 0 Å². The van der Waals surface area contributed by atoms with Crippen molar-refractivity contribution in [3.8, 4) is 0 Å². The van der Waals surface area contributed by atoms with E-state index in [1.165, 1.54) is 0 Å². The van der Waals surface area contributed by atoms with Crippen LogP contribution in [0.2, 0.25) is 0 Å². The fourth-order valence-corrected chi connectivity index (χ4v) is 1.22. The van der Waals surface area contributed by atoms with Crippen LogP contribution >= 0.6 is 0 Å². The SMILES string of the molecule is CC(C)(C)NC(=O)OC1CCCN1. The Labute approximate surface area is 79.0 Å². The number of nitrogens with one attached hydrogen (secondary N) is 2. The van der Waals surface area contributed by atoms with Gasteiger partial charge in [0.2, 0.25) is 0 Å². The zero-order valence-corrected chi connectivity index (χ0v) is 8.52. The lowest BCUT2D eigenvalue weighted by molar-refractivity contribution is 0.0837. The van der Waals surface area contributed by atoms with Crippen molar-refractivity contribution < 1.29 is 9.53 Å². The zero-order valence-electron chi connectivity index (χ0n) is 8.52. The molecule has 2 N–H and O–H groups in total. The number of ether oxygens (including phenoxy) is 1. The first-order chi connectivity index (χ1) is 5.97. The first-order valence-electron chi connectivity index (χ1n) is 4.69. The smallest absolute Gasteiger partial charge is 0.409 e. The number of alkyl carbamates (subject to hydrolysis) is 1. The molecule has 1 heterocycles. The summed E-state index contributed by atoms with van der Waals surface area (Å²) in [6.45, 7) is 6.72. The first kappa shape index (κ1) is 10.3. The Kier molecular flexibility index (Phi) is 3.14. The summed E-state index contributed by atoms with van der Waals surface area (Å²) in [6.07, 6.45) is 1.56. The van der Waals surface area contributed by atoms with Gasteiger partial charge in [0.15, 0.2) is 6.23 Å². The summed E-state index contributed by atoms with van der Waals surface area (Å²) in [5.41, 5.74) is -0.227. The molecular formula is C9H18N2O2. The number of amides is 1. The maximum Gasteiger partial charge on any atom is 0.409 e. The Balaban J connectivity index is 2.24. The molecule has 1 rings (SSSR count). The van der Waals surface area contributed by atoms with Gasteiger partial charge in [-0.15, -0.1) is 0 Å². The van der Waals surface area contributed by atoms with Gasteiger partial charge in [-0.3, -0.25) is 5.32 Å². The molecule has 4 nitrogen and oxygen atoms in total. The first-order valence-corrected chi connectivity index (χ1v) is 4.69. The molecule has 1 fully saturated rings. The minimum absolute atomic E-state index is 0.0950. The van der Waals surface area contributed by atoms with Gasteiger partial charge in [0.1, 0.15) is 0 Å². The van der Waals surface area contributed by atoms with Gasteiger partial charge in [-0.1, -0.05) is 0 Å². The van der Waals surface area contributed by atoms with E-state index in [1.54, 1.807) is 0 Å². The Hall–Kier alpha value is -0.770. The molecule has 0 radical (unpaired) electrons. The lowest BCUT2D eigenvalue weighted by Crippen LogP contribution is -2.43. The zero-order chi connectivity index (χ0) is 9.90. The Morgan fingerprint density at radius 3 is 2.69 bits per heavy atom. The number of hydrogen-bond donors (Lipinski definition) is 2. The molecular weight excluding hydrogens is 168 g/mol. The Morgan fingerprint density at radius 1 is 1.54 bits per heavy atom. The van der Waals surface area contributed by atoms with Gasteiger partial charge in [-0.05, 0) is 40.2 Å².